The molecule has 0 aliphatic carbocycles. The van der Waals surface area contributed by atoms with Crippen molar-refractivity contribution < 1.29 is 24.2 Å². The van der Waals surface area contributed by atoms with Gasteiger partial charge in [0.25, 0.3) is 5.91 Å². The lowest BCUT2D eigenvalue weighted by molar-refractivity contribution is -0.154. The number of carbonyl (C=O) groups is 3. The van der Waals surface area contributed by atoms with Crippen LogP contribution >= 0.6 is 11.3 Å². The number of benzene rings is 1. The number of carboxylic acids is 1. The molecular formula is C17H15NO5S. The Labute approximate surface area is 142 Å². The van der Waals surface area contributed by atoms with E-state index in [4.69, 9.17) is 9.84 Å². The van der Waals surface area contributed by atoms with Crippen molar-refractivity contribution in [1.29, 1.82) is 0 Å². The van der Waals surface area contributed by atoms with Crippen LogP contribution in [0.4, 0.5) is 0 Å². The second-order valence-electron chi connectivity index (χ2n) is 5.30. The predicted octanol–water partition coefficient (Wildman–Crippen LogP) is 1.90. The van der Waals surface area contributed by atoms with E-state index < -0.39 is 12.1 Å². The van der Waals surface area contributed by atoms with Crippen LogP contribution in [0.1, 0.15) is 25.6 Å². The summed E-state index contributed by atoms with van der Waals surface area (Å²) in [6.07, 6.45) is -1.04. The van der Waals surface area contributed by atoms with E-state index in [9.17, 15) is 14.4 Å². The van der Waals surface area contributed by atoms with Crippen LogP contribution in [0.15, 0.2) is 41.8 Å². The predicted molar refractivity (Wildman–Crippen MR) is 87.5 cm³/mol. The SMILES string of the molecule is O=C(c1cccs1)c1ccccc1C(=O)N1CCO[C@H](C(=O)O)C1. The van der Waals surface area contributed by atoms with Gasteiger partial charge in [0.2, 0.25) is 5.78 Å². The van der Waals surface area contributed by atoms with Gasteiger partial charge in [-0.25, -0.2) is 4.79 Å². The summed E-state index contributed by atoms with van der Waals surface area (Å²) in [5.74, 6) is -1.67. The second-order valence-corrected chi connectivity index (χ2v) is 6.25. The standard InChI is InChI=1S/C17H15NO5S/c19-15(14-6-3-9-24-14)11-4-1-2-5-12(11)16(20)18-7-8-23-13(10-18)17(21)22/h1-6,9,13H,7-8,10H2,(H,21,22)/t13-/m0/s1. The van der Waals surface area contributed by atoms with Gasteiger partial charge in [-0.15, -0.1) is 11.3 Å². The molecule has 0 bridgehead atoms. The van der Waals surface area contributed by atoms with E-state index in [0.29, 0.717) is 17.0 Å². The third-order valence-electron chi connectivity index (χ3n) is 3.78. The maximum absolute atomic E-state index is 12.8. The fraction of sp³-hybridized carbons (Fsp3) is 0.235. The molecule has 1 N–H and O–H groups in total. The summed E-state index contributed by atoms with van der Waals surface area (Å²) in [4.78, 5) is 38.4. The lowest BCUT2D eigenvalue weighted by atomic mass is 10.0. The molecule has 1 aliphatic rings. The highest BCUT2D eigenvalue weighted by Gasteiger charge is 2.31. The number of nitrogens with zero attached hydrogens (tertiary/aromatic N) is 1. The highest BCUT2D eigenvalue weighted by molar-refractivity contribution is 7.12. The number of rotatable bonds is 4. The summed E-state index contributed by atoms with van der Waals surface area (Å²) in [6, 6.07) is 10.1. The first kappa shape index (κ1) is 16.4. The van der Waals surface area contributed by atoms with Crippen LogP contribution in [-0.2, 0) is 9.53 Å². The Bertz CT molecular complexity index is 771. The van der Waals surface area contributed by atoms with Crippen molar-refractivity contribution in [2.75, 3.05) is 19.7 Å². The number of carboxylic acid groups (broad SMARTS) is 1. The molecule has 24 heavy (non-hydrogen) atoms. The van der Waals surface area contributed by atoms with Crippen molar-refractivity contribution >= 4 is 29.0 Å². The number of hydrogen-bond acceptors (Lipinski definition) is 5. The van der Waals surface area contributed by atoms with E-state index in [0.717, 1.165) is 0 Å². The molecule has 1 amide bonds. The van der Waals surface area contributed by atoms with Crippen molar-refractivity contribution in [3.8, 4) is 0 Å². The van der Waals surface area contributed by atoms with Crippen LogP contribution < -0.4 is 0 Å². The Morgan fingerprint density at radius 3 is 2.54 bits per heavy atom. The van der Waals surface area contributed by atoms with Gasteiger partial charge in [-0.2, -0.15) is 0 Å². The van der Waals surface area contributed by atoms with Gasteiger partial charge in [-0.05, 0) is 17.5 Å². The Morgan fingerprint density at radius 2 is 1.88 bits per heavy atom. The van der Waals surface area contributed by atoms with Gasteiger partial charge in [0.05, 0.1) is 23.6 Å². The molecule has 2 aromatic rings. The fourth-order valence-electron chi connectivity index (χ4n) is 2.56. The number of ketones is 1. The number of hydrogen-bond donors (Lipinski definition) is 1. The molecule has 7 heteroatoms. The monoisotopic (exact) mass is 345 g/mol. The molecule has 0 saturated carbocycles. The largest absolute Gasteiger partial charge is 0.479 e. The van der Waals surface area contributed by atoms with Crippen molar-refractivity contribution in [2.24, 2.45) is 0 Å². The van der Waals surface area contributed by atoms with E-state index >= 15 is 0 Å². The normalized spacial score (nSPS) is 17.5. The molecule has 2 heterocycles. The number of morpholine rings is 1. The van der Waals surface area contributed by atoms with Crippen molar-refractivity contribution in [2.45, 2.75) is 6.10 Å². The van der Waals surface area contributed by atoms with Gasteiger partial charge in [-0.3, -0.25) is 9.59 Å². The molecule has 1 aliphatic heterocycles. The zero-order valence-corrected chi connectivity index (χ0v) is 13.5. The molecule has 124 valence electrons. The topological polar surface area (TPSA) is 83.9 Å². The van der Waals surface area contributed by atoms with E-state index in [1.165, 1.54) is 16.2 Å². The van der Waals surface area contributed by atoms with Gasteiger partial charge in [0.1, 0.15) is 0 Å². The molecule has 1 fully saturated rings. The first-order valence-electron chi connectivity index (χ1n) is 7.39. The van der Waals surface area contributed by atoms with Crippen molar-refractivity contribution in [3.05, 3.63) is 57.8 Å². The van der Waals surface area contributed by atoms with Crippen LogP contribution in [0.25, 0.3) is 0 Å². The average Bonchev–Trinajstić information content (AvgIpc) is 3.15. The molecule has 1 atom stereocenters. The lowest BCUT2D eigenvalue weighted by Gasteiger charge is -2.31. The summed E-state index contributed by atoms with van der Waals surface area (Å²) in [5, 5.41) is 10.9. The molecule has 3 rings (SSSR count). The average molecular weight is 345 g/mol. The Balaban J connectivity index is 1.88. The Morgan fingerprint density at radius 1 is 1.12 bits per heavy atom. The number of thiophene rings is 1. The van der Waals surface area contributed by atoms with Crippen molar-refractivity contribution in [1.82, 2.24) is 4.90 Å². The third kappa shape index (κ3) is 3.22. The maximum Gasteiger partial charge on any atom is 0.334 e. The smallest absolute Gasteiger partial charge is 0.334 e. The number of carbonyl (C=O) groups excluding carboxylic acids is 2. The first-order valence-corrected chi connectivity index (χ1v) is 8.27. The molecule has 6 nitrogen and oxygen atoms in total. The molecular weight excluding hydrogens is 330 g/mol. The fourth-order valence-corrected chi connectivity index (χ4v) is 3.24. The van der Waals surface area contributed by atoms with Crippen molar-refractivity contribution in [3.63, 3.8) is 0 Å². The van der Waals surface area contributed by atoms with E-state index in [2.05, 4.69) is 0 Å². The molecule has 0 radical (unpaired) electrons. The highest BCUT2D eigenvalue weighted by Crippen LogP contribution is 2.20. The lowest BCUT2D eigenvalue weighted by Crippen LogP contribution is -2.48. The van der Waals surface area contributed by atoms with E-state index in [1.807, 2.05) is 0 Å². The zero-order valence-electron chi connectivity index (χ0n) is 12.7. The summed E-state index contributed by atoms with van der Waals surface area (Å²) in [6.45, 7) is 0.420. The molecule has 1 aromatic carbocycles. The van der Waals surface area contributed by atoms with Gasteiger partial charge in [0.15, 0.2) is 6.10 Å². The zero-order chi connectivity index (χ0) is 17.1. The number of ether oxygens (including phenoxy) is 1. The summed E-state index contributed by atoms with van der Waals surface area (Å²) in [7, 11) is 0. The van der Waals surface area contributed by atoms with Crippen LogP contribution in [0.5, 0.6) is 0 Å². The summed E-state index contributed by atoms with van der Waals surface area (Å²) < 4.78 is 5.13. The maximum atomic E-state index is 12.8. The van der Waals surface area contributed by atoms with E-state index in [-0.39, 0.29) is 30.4 Å². The van der Waals surface area contributed by atoms with Crippen LogP contribution in [-0.4, -0.2) is 53.5 Å². The Hall–Kier alpha value is -2.51. The van der Waals surface area contributed by atoms with Gasteiger partial charge < -0.3 is 14.7 Å². The minimum atomic E-state index is -1.10. The van der Waals surface area contributed by atoms with Gasteiger partial charge in [-0.1, -0.05) is 24.3 Å². The summed E-state index contributed by atoms with van der Waals surface area (Å²) >= 11 is 1.31. The number of amides is 1. The minimum absolute atomic E-state index is 0.0321. The van der Waals surface area contributed by atoms with Crippen LogP contribution in [0.2, 0.25) is 0 Å². The molecule has 1 aromatic heterocycles. The van der Waals surface area contributed by atoms with Crippen LogP contribution in [0.3, 0.4) is 0 Å². The summed E-state index contributed by atoms with van der Waals surface area (Å²) in [5.41, 5.74) is 0.602. The molecule has 0 spiro atoms. The minimum Gasteiger partial charge on any atom is -0.479 e. The number of aliphatic carboxylic acids is 1. The van der Waals surface area contributed by atoms with Gasteiger partial charge in [0, 0.05) is 12.1 Å². The molecule has 0 unspecified atom stereocenters. The van der Waals surface area contributed by atoms with Crippen LogP contribution in [0, 0.1) is 0 Å². The first-order chi connectivity index (χ1) is 11.6. The van der Waals surface area contributed by atoms with E-state index in [1.54, 1.807) is 41.8 Å². The molecule has 1 saturated heterocycles. The second kappa shape index (κ2) is 6.94. The third-order valence-corrected chi connectivity index (χ3v) is 4.64. The highest BCUT2D eigenvalue weighted by atomic mass is 32.1. The quantitative estimate of drug-likeness (QED) is 0.856. The van der Waals surface area contributed by atoms with Gasteiger partial charge >= 0.3 is 5.97 Å². The Kier molecular flexibility index (Phi) is 4.73.